The average Bonchev–Trinajstić information content (AvgIpc) is 3.27. The lowest BCUT2D eigenvalue weighted by molar-refractivity contribution is 0.0125. The number of piperazine rings is 1. The minimum atomic E-state index is -1.60. The molecule has 0 unspecified atom stereocenters. The normalized spacial score (nSPS) is 18.0. The number of para-hydroxylation sites is 1. The molecule has 0 aliphatic carbocycles. The van der Waals surface area contributed by atoms with E-state index < -0.39 is 22.5 Å². The van der Waals surface area contributed by atoms with E-state index in [1.165, 1.54) is 47.1 Å². The van der Waals surface area contributed by atoms with Crippen molar-refractivity contribution in [1.82, 2.24) is 19.1 Å². The molecule has 1 aromatic heterocycles. The van der Waals surface area contributed by atoms with Crippen molar-refractivity contribution >= 4 is 17.6 Å². The summed E-state index contributed by atoms with van der Waals surface area (Å²) in [7, 11) is 0. The molecule has 1 N–H and O–H groups in total. The highest BCUT2D eigenvalue weighted by molar-refractivity contribution is 7.97. The zero-order chi connectivity index (χ0) is 21.8. The van der Waals surface area contributed by atoms with Gasteiger partial charge < -0.3 is 10.0 Å². The summed E-state index contributed by atoms with van der Waals surface area (Å²) in [6.45, 7) is 5.18. The van der Waals surface area contributed by atoms with Gasteiger partial charge in [-0.1, -0.05) is 36.2 Å². The third-order valence-corrected chi connectivity index (χ3v) is 6.98. The molecule has 1 fully saturated rings. The van der Waals surface area contributed by atoms with Crippen LogP contribution in [0.1, 0.15) is 12.5 Å². The van der Waals surface area contributed by atoms with E-state index in [4.69, 9.17) is 0 Å². The maximum Gasteiger partial charge on any atom is 0.137 e. The zero-order valence-electron chi connectivity index (χ0n) is 17.2. The Kier molecular flexibility index (Phi) is 6.54. The smallest absolute Gasteiger partial charge is 0.137 e. The molecule has 0 bridgehead atoms. The number of benzene rings is 2. The van der Waals surface area contributed by atoms with Crippen molar-refractivity contribution in [1.29, 1.82) is 0 Å². The van der Waals surface area contributed by atoms with E-state index in [0.29, 0.717) is 0 Å². The molecule has 1 aliphatic rings. The highest BCUT2D eigenvalue weighted by Crippen LogP contribution is 2.38. The van der Waals surface area contributed by atoms with E-state index in [9.17, 15) is 13.9 Å². The quantitative estimate of drug-likeness (QED) is 0.563. The molecule has 4 rings (SSSR count). The van der Waals surface area contributed by atoms with Gasteiger partial charge in [-0.15, -0.1) is 0 Å². The molecular weight excluding hydrogens is 420 g/mol. The van der Waals surface area contributed by atoms with Gasteiger partial charge in [0.25, 0.3) is 0 Å². The van der Waals surface area contributed by atoms with Crippen LogP contribution in [-0.2, 0) is 12.1 Å². The van der Waals surface area contributed by atoms with Gasteiger partial charge in [0.1, 0.15) is 29.9 Å². The van der Waals surface area contributed by atoms with Crippen LogP contribution < -0.4 is 4.90 Å². The number of nitrogens with zero attached hydrogens (tertiary/aromatic N) is 5. The first-order chi connectivity index (χ1) is 15.0. The van der Waals surface area contributed by atoms with Crippen LogP contribution in [0.15, 0.2) is 61.2 Å². The van der Waals surface area contributed by atoms with Crippen LogP contribution in [0.5, 0.6) is 0 Å². The van der Waals surface area contributed by atoms with E-state index >= 15 is 0 Å². The van der Waals surface area contributed by atoms with Crippen molar-refractivity contribution in [2.75, 3.05) is 31.1 Å². The predicted octanol–water partition coefficient (Wildman–Crippen LogP) is 3.30. The molecular formula is C22H25F2N5OS. The van der Waals surface area contributed by atoms with E-state index in [2.05, 4.69) is 31.4 Å². The zero-order valence-corrected chi connectivity index (χ0v) is 18.1. The lowest BCUT2D eigenvalue weighted by atomic mass is 9.90. The number of aromatic nitrogens is 3. The first kappa shape index (κ1) is 21.7. The Morgan fingerprint density at radius 3 is 2.48 bits per heavy atom. The molecule has 6 nitrogen and oxygen atoms in total. The Labute approximate surface area is 184 Å². The lowest BCUT2D eigenvalue weighted by Crippen LogP contribution is -2.47. The number of hydrogen-bond acceptors (Lipinski definition) is 6. The summed E-state index contributed by atoms with van der Waals surface area (Å²) < 4.78 is 31.8. The lowest BCUT2D eigenvalue weighted by Gasteiger charge is -2.40. The second-order valence-electron chi connectivity index (χ2n) is 7.64. The molecule has 3 aromatic rings. The highest BCUT2D eigenvalue weighted by Gasteiger charge is 2.41. The van der Waals surface area contributed by atoms with Crippen LogP contribution in [0.2, 0.25) is 0 Å². The second kappa shape index (κ2) is 9.33. The fraction of sp³-hybridized carbons (Fsp3) is 0.364. The Morgan fingerprint density at radius 1 is 1.10 bits per heavy atom. The van der Waals surface area contributed by atoms with Crippen molar-refractivity contribution in [3.8, 4) is 0 Å². The van der Waals surface area contributed by atoms with Gasteiger partial charge in [0.15, 0.2) is 0 Å². The molecule has 2 atom stereocenters. The number of rotatable bonds is 7. The monoisotopic (exact) mass is 445 g/mol. The van der Waals surface area contributed by atoms with Crippen LogP contribution >= 0.6 is 11.9 Å². The predicted molar refractivity (Wildman–Crippen MR) is 118 cm³/mol. The maximum atomic E-state index is 14.7. The molecule has 0 spiro atoms. The van der Waals surface area contributed by atoms with Gasteiger partial charge >= 0.3 is 0 Å². The van der Waals surface area contributed by atoms with E-state index in [1.807, 2.05) is 25.1 Å². The minimum absolute atomic E-state index is 0.00764. The van der Waals surface area contributed by atoms with Crippen molar-refractivity contribution in [3.63, 3.8) is 0 Å². The fourth-order valence-corrected chi connectivity index (χ4v) is 5.03. The Morgan fingerprint density at radius 2 is 1.84 bits per heavy atom. The van der Waals surface area contributed by atoms with E-state index in [1.54, 1.807) is 0 Å². The number of hydrogen-bond donors (Lipinski definition) is 1. The summed E-state index contributed by atoms with van der Waals surface area (Å²) in [6, 6.07) is 13.5. The van der Waals surface area contributed by atoms with Gasteiger partial charge in [0, 0.05) is 43.5 Å². The molecule has 2 aromatic carbocycles. The number of halogens is 2. The minimum Gasteiger partial charge on any atom is -0.382 e. The van der Waals surface area contributed by atoms with Gasteiger partial charge in [-0.05, 0) is 25.1 Å². The Balaban J connectivity index is 1.49. The topological polar surface area (TPSA) is 57.4 Å². The SMILES string of the molecule is C[C@@H](SN1CCN(c2ccccc2)CC1)[C@](O)(Cn1cncn1)c1ccc(F)cc1F. The van der Waals surface area contributed by atoms with Gasteiger partial charge in [-0.2, -0.15) is 5.10 Å². The molecule has 0 saturated carbocycles. The summed E-state index contributed by atoms with van der Waals surface area (Å²) in [5.41, 5.74) is -0.365. The van der Waals surface area contributed by atoms with Gasteiger partial charge in [-0.3, -0.25) is 0 Å². The van der Waals surface area contributed by atoms with Crippen LogP contribution in [0.4, 0.5) is 14.5 Å². The van der Waals surface area contributed by atoms with Crippen LogP contribution in [0, 0.1) is 11.6 Å². The van der Waals surface area contributed by atoms with Crippen molar-refractivity contribution in [2.24, 2.45) is 0 Å². The molecule has 1 aliphatic heterocycles. The summed E-state index contributed by atoms with van der Waals surface area (Å²) in [5, 5.41) is 15.3. The Hall–Kier alpha value is -2.49. The molecule has 2 heterocycles. The van der Waals surface area contributed by atoms with E-state index in [0.717, 1.165) is 32.2 Å². The molecule has 1 saturated heterocycles. The largest absolute Gasteiger partial charge is 0.382 e. The van der Waals surface area contributed by atoms with E-state index in [-0.39, 0.29) is 12.1 Å². The third-order valence-electron chi connectivity index (χ3n) is 5.61. The van der Waals surface area contributed by atoms with Gasteiger partial charge in [-0.25, -0.2) is 22.8 Å². The van der Waals surface area contributed by atoms with Crippen molar-refractivity contribution in [3.05, 3.63) is 78.4 Å². The van der Waals surface area contributed by atoms with Gasteiger partial charge in [0.2, 0.25) is 0 Å². The van der Waals surface area contributed by atoms with Gasteiger partial charge in [0.05, 0.1) is 11.8 Å². The summed E-state index contributed by atoms with van der Waals surface area (Å²) in [6.07, 6.45) is 2.84. The van der Waals surface area contributed by atoms with Crippen molar-refractivity contribution in [2.45, 2.75) is 24.3 Å². The molecule has 0 amide bonds. The standard InChI is InChI=1S/C22H25F2N5OS/c1-17(31-29-11-9-27(10-12-29)19-5-3-2-4-6-19)22(30,14-28-16-25-15-26-28)20-8-7-18(23)13-21(20)24/h2-8,13,15-17,30H,9-12,14H2,1H3/t17-,22-/m1/s1. The Bertz CT molecular complexity index is 983. The molecule has 164 valence electrons. The first-order valence-corrected chi connectivity index (χ1v) is 11.0. The third kappa shape index (κ3) is 4.89. The maximum absolute atomic E-state index is 14.7. The molecule has 0 radical (unpaired) electrons. The van der Waals surface area contributed by atoms with Crippen LogP contribution in [-0.4, -0.2) is 55.6 Å². The van der Waals surface area contributed by atoms with Crippen molar-refractivity contribution < 1.29 is 13.9 Å². The average molecular weight is 446 g/mol. The highest BCUT2D eigenvalue weighted by atomic mass is 32.2. The summed E-state index contributed by atoms with van der Waals surface area (Å²) in [5.74, 6) is -1.45. The van der Waals surface area contributed by atoms with Crippen LogP contribution in [0.25, 0.3) is 0 Å². The first-order valence-electron chi connectivity index (χ1n) is 10.2. The number of aliphatic hydroxyl groups is 1. The number of anilines is 1. The molecule has 9 heteroatoms. The van der Waals surface area contributed by atoms with Crippen LogP contribution in [0.3, 0.4) is 0 Å². The fourth-order valence-electron chi connectivity index (χ4n) is 3.84. The summed E-state index contributed by atoms with van der Waals surface area (Å²) in [4.78, 5) is 6.24. The molecule has 31 heavy (non-hydrogen) atoms. The summed E-state index contributed by atoms with van der Waals surface area (Å²) >= 11 is 1.49. The second-order valence-corrected chi connectivity index (χ2v) is 9.08.